The Morgan fingerprint density at radius 3 is 2.47 bits per heavy atom. The Bertz CT molecular complexity index is 1220. The molecule has 0 unspecified atom stereocenters. The van der Waals surface area contributed by atoms with E-state index in [1.54, 1.807) is 25.1 Å². The maximum atomic E-state index is 5.46. The van der Waals surface area contributed by atoms with Gasteiger partial charge in [0.25, 0.3) is 0 Å². The largest absolute Gasteiger partial charge is 0.497 e. The van der Waals surface area contributed by atoms with Gasteiger partial charge in [-0.1, -0.05) is 17.7 Å². The molecule has 8 heteroatoms. The van der Waals surface area contributed by atoms with Gasteiger partial charge in [-0.3, -0.25) is 4.68 Å². The van der Waals surface area contributed by atoms with Gasteiger partial charge in [-0.05, 0) is 37.6 Å². The van der Waals surface area contributed by atoms with Crippen LogP contribution in [-0.4, -0.2) is 34.0 Å². The van der Waals surface area contributed by atoms with E-state index < -0.39 is 0 Å². The van der Waals surface area contributed by atoms with Gasteiger partial charge in [0.2, 0.25) is 5.95 Å². The second kappa shape index (κ2) is 7.90. The second-order valence-electron chi connectivity index (χ2n) is 7.04. The van der Waals surface area contributed by atoms with Gasteiger partial charge in [-0.15, -0.1) is 0 Å². The summed E-state index contributed by atoms with van der Waals surface area (Å²) in [6, 6.07) is 11.8. The monoisotopic (exact) mass is 404 g/mol. The number of methoxy groups -OCH3 is 2. The number of anilines is 4. The predicted molar refractivity (Wildman–Crippen MR) is 118 cm³/mol. The van der Waals surface area contributed by atoms with Crippen molar-refractivity contribution in [2.24, 2.45) is 7.05 Å². The lowest BCUT2D eigenvalue weighted by atomic mass is 10.1. The van der Waals surface area contributed by atoms with Crippen molar-refractivity contribution in [3.8, 4) is 11.5 Å². The van der Waals surface area contributed by atoms with Gasteiger partial charge in [0, 0.05) is 18.8 Å². The molecule has 8 nitrogen and oxygen atoms in total. The van der Waals surface area contributed by atoms with E-state index in [1.807, 2.05) is 31.3 Å². The topological polar surface area (TPSA) is 86.1 Å². The van der Waals surface area contributed by atoms with E-state index in [4.69, 9.17) is 14.5 Å². The number of hydrogen-bond acceptors (Lipinski definition) is 7. The molecule has 2 heterocycles. The van der Waals surface area contributed by atoms with Crippen LogP contribution in [-0.2, 0) is 7.05 Å². The molecule has 0 saturated heterocycles. The molecule has 0 aliphatic heterocycles. The number of aromatic nitrogens is 4. The van der Waals surface area contributed by atoms with Gasteiger partial charge in [-0.25, -0.2) is 0 Å². The van der Waals surface area contributed by atoms with E-state index in [0.29, 0.717) is 34.6 Å². The summed E-state index contributed by atoms with van der Waals surface area (Å²) in [5.74, 6) is 2.45. The molecule has 0 amide bonds. The third-order valence-corrected chi connectivity index (χ3v) is 4.88. The minimum Gasteiger partial charge on any atom is -0.497 e. The highest BCUT2D eigenvalue weighted by atomic mass is 16.5. The summed E-state index contributed by atoms with van der Waals surface area (Å²) in [4.78, 5) is 9.36. The second-order valence-corrected chi connectivity index (χ2v) is 7.04. The summed E-state index contributed by atoms with van der Waals surface area (Å²) in [5, 5.41) is 11.9. The average molecular weight is 404 g/mol. The zero-order valence-corrected chi connectivity index (χ0v) is 17.6. The molecule has 30 heavy (non-hydrogen) atoms. The number of nitrogens with one attached hydrogen (secondary N) is 2. The van der Waals surface area contributed by atoms with Crippen molar-refractivity contribution in [2.45, 2.75) is 13.8 Å². The fourth-order valence-corrected chi connectivity index (χ4v) is 3.29. The number of rotatable bonds is 6. The van der Waals surface area contributed by atoms with Crippen LogP contribution in [0.4, 0.5) is 23.1 Å². The molecule has 0 atom stereocenters. The van der Waals surface area contributed by atoms with Crippen LogP contribution < -0.4 is 20.1 Å². The zero-order chi connectivity index (χ0) is 21.3. The average Bonchev–Trinajstić information content (AvgIpc) is 3.11. The molecule has 0 spiro atoms. The smallest absolute Gasteiger partial charge is 0.231 e. The summed E-state index contributed by atoms with van der Waals surface area (Å²) in [5.41, 5.74) is 4.74. The van der Waals surface area contributed by atoms with E-state index in [1.165, 1.54) is 5.56 Å². The van der Waals surface area contributed by atoms with Crippen molar-refractivity contribution in [2.75, 3.05) is 24.9 Å². The summed E-state index contributed by atoms with van der Waals surface area (Å²) >= 11 is 0. The fraction of sp³-hybridized carbons (Fsp3) is 0.227. The summed E-state index contributed by atoms with van der Waals surface area (Å²) in [7, 11) is 5.09. The standard InChI is InChI=1S/C22H24N6O2/c1-13-6-8-17(14(2)10-13)24-20-16-12-23-28(3)21(16)27-22(26-20)25-18-11-15(29-4)7-9-19(18)30-5/h6-12H,1-5H3,(H2,24,25,26,27). The maximum absolute atomic E-state index is 5.46. The third kappa shape index (κ3) is 3.71. The molecule has 2 aromatic heterocycles. The van der Waals surface area contributed by atoms with E-state index in [2.05, 4.69) is 46.7 Å². The van der Waals surface area contributed by atoms with Gasteiger partial charge in [0.15, 0.2) is 5.65 Å². The molecule has 154 valence electrons. The minimum atomic E-state index is 0.421. The van der Waals surface area contributed by atoms with Gasteiger partial charge < -0.3 is 20.1 Å². The highest BCUT2D eigenvalue weighted by Gasteiger charge is 2.14. The van der Waals surface area contributed by atoms with E-state index in [9.17, 15) is 0 Å². The first-order valence-electron chi connectivity index (χ1n) is 9.51. The van der Waals surface area contributed by atoms with Crippen molar-refractivity contribution in [1.82, 2.24) is 19.7 Å². The van der Waals surface area contributed by atoms with Crippen molar-refractivity contribution in [3.05, 3.63) is 53.7 Å². The van der Waals surface area contributed by atoms with Crippen LogP contribution in [0, 0.1) is 13.8 Å². The molecule has 2 aromatic carbocycles. The molecule has 4 rings (SSSR count). The predicted octanol–water partition coefficient (Wildman–Crippen LogP) is 4.48. The quantitative estimate of drug-likeness (QED) is 0.490. The Balaban J connectivity index is 1.77. The first-order chi connectivity index (χ1) is 14.5. The number of ether oxygens (including phenoxy) is 2. The van der Waals surface area contributed by atoms with Crippen LogP contribution in [0.1, 0.15) is 11.1 Å². The van der Waals surface area contributed by atoms with Gasteiger partial charge in [0.1, 0.15) is 17.3 Å². The number of aryl methyl sites for hydroxylation is 3. The van der Waals surface area contributed by atoms with Crippen LogP contribution in [0.2, 0.25) is 0 Å². The van der Waals surface area contributed by atoms with Crippen LogP contribution in [0.5, 0.6) is 11.5 Å². The molecular weight excluding hydrogens is 380 g/mol. The van der Waals surface area contributed by atoms with Gasteiger partial charge in [-0.2, -0.15) is 15.1 Å². The molecule has 0 fully saturated rings. The lowest BCUT2D eigenvalue weighted by molar-refractivity contribution is 0.405. The highest BCUT2D eigenvalue weighted by molar-refractivity contribution is 5.90. The molecular formula is C22H24N6O2. The number of hydrogen-bond donors (Lipinski definition) is 2. The lowest BCUT2D eigenvalue weighted by Crippen LogP contribution is -2.05. The summed E-state index contributed by atoms with van der Waals surface area (Å²) in [6.07, 6.45) is 1.76. The lowest BCUT2D eigenvalue weighted by Gasteiger charge is -2.14. The van der Waals surface area contributed by atoms with Gasteiger partial charge in [0.05, 0.1) is 31.5 Å². The van der Waals surface area contributed by atoms with E-state index in [-0.39, 0.29) is 0 Å². The van der Waals surface area contributed by atoms with Crippen molar-refractivity contribution < 1.29 is 9.47 Å². The molecule has 0 saturated carbocycles. The fourth-order valence-electron chi connectivity index (χ4n) is 3.29. The van der Waals surface area contributed by atoms with Crippen molar-refractivity contribution in [1.29, 1.82) is 0 Å². The number of benzene rings is 2. The first kappa shape index (κ1) is 19.5. The Kier molecular flexibility index (Phi) is 5.14. The Labute approximate surface area is 174 Å². The molecule has 4 aromatic rings. The van der Waals surface area contributed by atoms with Crippen LogP contribution in [0.3, 0.4) is 0 Å². The Hall–Kier alpha value is -3.81. The summed E-state index contributed by atoms with van der Waals surface area (Å²) < 4.78 is 12.5. The SMILES string of the molecule is COc1ccc(OC)c(Nc2nc(Nc3ccc(C)cc3C)c3cnn(C)c3n2)c1. The minimum absolute atomic E-state index is 0.421. The zero-order valence-electron chi connectivity index (χ0n) is 17.6. The highest BCUT2D eigenvalue weighted by Crippen LogP contribution is 2.32. The molecule has 0 aliphatic carbocycles. The van der Waals surface area contributed by atoms with Crippen LogP contribution >= 0.6 is 0 Å². The number of fused-ring (bicyclic) bond motifs is 1. The van der Waals surface area contributed by atoms with Crippen molar-refractivity contribution in [3.63, 3.8) is 0 Å². The molecule has 2 N–H and O–H groups in total. The van der Waals surface area contributed by atoms with Crippen molar-refractivity contribution >= 4 is 34.2 Å². The first-order valence-corrected chi connectivity index (χ1v) is 9.51. The molecule has 0 bridgehead atoms. The molecule has 0 aliphatic rings. The van der Waals surface area contributed by atoms with Gasteiger partial charge >= 0.3 is 0 Å². The van der Waals surface area contributed by atoms with E-state index >= 15 is 0 Å². The third-order valence-electron chi connectivity index (χ3n) is 4.88. The Morgan fingerprint density at radius 2 is 1.73 bits per heavy atom. The Morgan fingerprint density at radius 1 is 0.900 bits per heavy atom. The van der Waals surface area contributed by atoms with Crippen LogP contribution in [0.25, 0.3) is 11.0 Å². The molecule has 0 radical (unpaired) electrons. The number of nitrogens with zero attached hydrogens (tertiary/aromatic N) is 4. The maximum Gasteiger partial charge on any atom is 0.231 e. The summed E-state index contributed by atoms with van der Waals surface area (Å²) in [6.45, 7) is 4.14. The van der Waals surface area contributed by atoms with Crippen LogP contribution in [0.15, 0.2) is 42.6 Å². The van der Waals surface area contributed by atoms with E-state index in [0.717, 1.165) is 16.6 Å². The normalized spacial score (nSPS) is 10.8.